The van der Waals surface area contributed by atoms with Crippen LogP contribution < -0.4 is 4.74 Å². The number of benzene rings is 1. The maximum Gasteiger partial charge on any atom is 0.414 e. The van der Waals surface area contributed by atoms with Gasteiger partial charge in [-0.05, 0) is 31.0 Å². The summed E-state index contributed by atoms with van der Waals surface area (Å²) >= 11 is 7.36. The number of amides is 2. The predicted octanol–water partition coefficient (Wildman–Crippen LogP) is 5.37. The molecule has 1 aliphatic heterocycles. The molecule has 3 aromatic heterocycles. The van der Waals surface area contributed by atoms with E-state index in [2.05, 4.69) is 14.9 Å². The van der Waals surface area contributed by atoms with E-state index in [0.29, 0.717) is 59.7 Å². The number of ether oxygens (including phenoxy) is 1. The third-order valence-electron chi connectivity index (χ3n) is 5.89. The zero-order valence-electron chi connectivity index (χ0n) is 18.2. The number of carbonyl (C=O) groups is 2. The van der Waals surface area contributed by atoms with E-state index in [1.807, 2.05) is 18.2 Å². The lowest BCUT2D eigenvalue weighted by atomic mass is 10.0. The van der Waals surface area contributed by atoms with Crippen LogP contribution in [0.5, 0.6) is 10.9 Å². The normalized spacial score (nSPS) is 15.1. The fourth-order valence-electron chi connectivity index (χ4n) is 4.29. The van der Waals surface area contributed by atoms with E-state index in [0.717, 1.165) is 20.5 Å². The van der Waals surface area contributed by atoms with Crippen molar-refractivity contribution >= 4 is 56.3 Å². The zero-order chi connectivity index (χ0) is 23.8. The van der Waals surface area contributed by atoms with Crippen LogP contribution in [-0.4, -0.2) is 56.0 Å². The molecule has 1 fully saturated rings. The molecule has 0 bridgehead atoms. The second-order valence-electron chi connectivity index (χ2n) is 8.15. The molecule has 4 heterocycles. The fraction of sp³-hybridized carbons (Fsp3) is 0.304. The molecule has 2 amide bonds. The number of nitrogens with zero attached hydrogens (tertiary/aromatic N) is 4. The summed E-state index contributed by atoms with van der Waals surface area (Å²) in [5.41, 5.74) is 2.34. The first-order valence-corrected chi connectivity index (χ1v) is 11.9. The van der Waals surface area contributed by atoms with Gasteiger partial charge in [0, 0.05) is 55.8 Å². The van der Waals surface area contributed by atoms with E-state index in [-0.39, 0.29) is 6.04 Å². The van der Waals surface area contributed by atoms with Crippen LogP contribution in [0.25, 0.3) is 21.3 Å². The number of furan rings is 1. The van der Waals surface area contributed by atoms with Crippen LogP contribution in [-0.2, 0) is 11.3 Å². The first kappa shape index (κ1) is 22.6. The Morgan fingerprint density at radius 1 is 1.32 bits per heavy atom. The van der Waals surface area contributed by atoms with Crippen molar-refractivity contribution in [2.24, 2.45) is 0 Å². The third kappa shape index (κ3) is 4.56. The summed E-state index contributed by atoms with van der Waals surface area (Å²) in [6.07, 6.45) is 3.33. The van der Waals surface area contributed by atoms with Crippen molar-refractivity contribution in [1.29, 1.82) is 0 Å². The molecule has 1 aliphatic rings. The monoisotopic (exact) mass is 500 g/mol. The van der Waals surface area contributed by atoms with E-state index in [1.54, 1.807) is 18.5 Å². The highest BCUT2D eigenvalue weighted by molar-refractivity contribution is 7.20. The van der Waals surface area contributed by atoms with Gasteiger partial charge in [0.1, 0.15) is 11.3 Å². The number of hydrogen-bond donors (Lipinski definition) is 1. The Morgan fingerprint density at radius 2 is 2.12 bits per heavy atom. The molecule has 0 aliphatic carbocycles. The van der Waals surface area contributed by atoms with Crippen molar-refractivity contribution in [3.05, 3.63) is 47.3 Å². The molecule has 176 valence electrons. The summed E-state index contributed by atoms with van der Waals surface area (Å²) in [7, 11) is 0. The number of halogens is 1. The van der Waals surface area contributed by atoms with Crippen LogP contribution in [0.4, 0.5) is 4.79 Å². The Morgan fingerprint density at radius 3 is 2.85 bits per heavy atom. The quantitative estimate of drug-likeness (QED) is 0.389. The Bertz CT molecular complexity index is 1360. The van der Waals surface area contributed by atoms with Crippen molar-refractivity contribution in [1.82, 2.24) is 19.8 Å². The number of imide groups is 1. The zero-order valence-corrected chi connectivity index (χ0v) is 19.8. The summed E-state index contributed by atoms with van der Waals surface area (Å²) in [5, 5.41) is 11.3. The topological polar surface area (TPSA) is 109 Å². The summed E-state index contributed by atoms with van der Waals surface area (Å²) in [5.74, 6) is 0.174. The van der Waals surface area contributed by atoms with Crippen LogP contribution in [0.15, 0.2) is 41.1 Å². The maximum atomic E-state index is 11.7. The largest absolute Gasteiger partial charge is 0.465 e. The van der Waals surface area contributed by atoms with Gasteiger partial charge in [-0.2, -0.15) is 4.98 Å². The number of carbonyl (C=O) groups excluding carboxylic acids is 1. The Hall–Kier alpha value is -3.21. The van der Waals surface area contributed by atoms with E-state index in [4.69, 9.17) is 20.8 Å². The third-order valence-corrected chi connectivity index (χ3v) is 6.96. The minimum Gasteiger partial charge on any atom is -0.465 e. The summed E-state index contributed by atoms with van der Waals surface area (Å²) in [4.78, 5) is 34.8. The average molecular weight is 501 g/mol. The molecule has 1 aromatic carbocycles. The Kier molecular flexibility index (Phi) is 6.11. The Labute approximate surface area is 203 Å². The van der Waals surface area contributed by atoms with E-state index in [1.165, 1.54) is 18.3 Å². The molecule has 1 saturated heterocycles. The lowest BCUT2D eigenvalue weighted by Gasteiger charge is -2.35. The van der Waals surface area contributed by atoms with Crippen LogP contribution >= 0.6 is 22.9 Å². The highest BCUT2D eigenvalue weighted by atomic mass is 35.5. The van der Waals surface area contributed by atoms with Crippen LogP contribution in [0.2, 0.25) is 5.02 Å². The second-order valence-corrected chi connectivity index (χ2v) is 9.58. The summed E-state index contributed by atoms with van der Waals surface area (Å²) < 4.78 is 12.5. The fourth-order valence-corrected chi connectivity index (χ4v) is 5.35. The maximum absolute atomic E-state index is 11.7. The first-order chi connectivity index (χ1) is 16.4. The standard InChI is InChI=1S/C23H21ClN4O5S/c1-13(29)28(23(30)31)16-4-6-27(7-5-16)11-14-12-32-19-9-17(2-3-18(14)19)33-22-26-21-20(34-22)8-15(24)10-25-21/h2-3,8-10,12,16H,4-7,11H2,1H3,(H,30,31). The lowest BCUT2D eigenvalue weighted by molar-refractivity contribution is -0.129. The summed E-state index contributed by atoms with van der Waals surface area (Å²) in [6, 6.07) is 7.19. The van der Waals surface area contributed by atoms with E-state index < -0.39 is 12.0 Å². The van der Waals surface area contributed by atoms with Gasteiger partial charge in [-0.1, -0.05) is 22.9 Å². The molecule has 0 atom stereocenters. The van der Waals surface area contributed by atoms with Crippen LogP contribution in [0, 0.1) is 0 Å². The number of aromatic nitrogens is 2. The van der Waals surface area contributed by atoms with Crippen LogP contribution in [0.3, 0.4) is 0 Å². The molecule has 4 aromatic rings. The minimum absolute atomic E-state index is 0.277. The molecule has 5 rings (SSSR count). The molecule has 0 spiro atoms. The number of thiazole rings is 1. The van der Waals surface area contributed by atoms with Crippen molar-refractivity contribution in [2.75, 3.05) is 13.1 Å². The number of hydrogen-bond acceptors (Lipinski definition) is 8. The number of pyridine rings is 1. The number of piperidine rings is 1. The highest BCUT2D eigenvalue weighted by Crippen LogP contribution is 2.34. The van der Waals surface area contributed by atoms with Gasteiger partial charge in [0.25, 0.3) is 5.19 Å². The highest BCUT2D eigenvalue weighted by Gasteiger charge is 2.30. The number of likely N-dealkylation sites (tertiary alicyclic amines) is 1. The molecule has 9 nitrogen and oxygen atoms in total. The lowest BCUT2D eigenvalue weighted by Crippen LogP contribution is -2.48. The van der Waals surface area contributed by atoms with Crippen molar-refractivity contribution < 1.29 is 23.8 Å². The van der Waals surface area contributed by atoms with Gasteiger partial charge in [-0.15, -0.1) is 0 Å². The summed E-state index contributed by atoms with van der Waals surface area (Å²) in [6.45, 7) is 3.37. The molecule has 11 heteroatoms. The first-order valence-electron chi connectivity index (χ1n) is 10.7. The van der Waals surface area contributed by atoms with Crippen molar-refractivity contribution in [3.63, 3.8) is 0 Å². The second kappa shape index (κ2) is 9.21. The van der Waals surface area contributed by atoms with Crippen molar-refractivity contribution in [2.45, 2.75) is 32.4 Å². The SMILES string of the molecule is CC(=O)N(C(=O)O)C1CCN(Cc2coc3cc(Oc4nc5ncc(Cl)cc5s4)ccc23)CC1. The molecule has 0 radical (unpaired) electrons. The molecule has 0 saturated carbocycles. The van der Waals surface area contributed by atoms with Gasteiger partial charge in [-0.3, -0.25) is 9.69 Å². The number of carboxylic acid groups (broad SMARTS) is 1. The predicted molar refractivity (Wildman–Crippen MR) is 128 cm³/mol. The van der Waals surface area contributed by atoms with E-state index in [9.17, 15) is 14.7 Å². The van der Waals surface area contributed by atoms with Gasteiger partial charge in [0.2, 0.25) is 5.91 Å². The molecule has 1 N–H and O–H groups in total. The van der Waals surface area contributed by atoms with Crippen LogP contribution in [0.1, 0.15) is 25.3 Å². The minimum atomic E-state index is -1.18. The molecular formula is C23H21ClN4O5S. The van der Waals surface area contributed by atoms with Gasteiger partial charge >= 0.3 is 6.09 Å². The molecule has 34 heavy (non-hydrogen) atoms. The van der Waals surface area contributed by atoms with Gasteiger partial charge in [0.15, 0.2) is 5.65 Å². The smallest absolute Gasteiger partial charge is 0.414 e. The molecule has 0 unspecified atom stereocenters. The average Bonchev–Trinajstić information content (AvgIpc) is 3.37. The Balaban J connectivity index is 1.25. The molecular weight excluding hydrogens is 480 g/mol. The van der Waals surface area contributed by atoms with Crippen molar-refractivity contribution in [3.8, 4) is 10.9 Å². The van der Waals surface area contributed by atoms with E-state index >= 15 is 0 Å². The number of fused-ring (bicyclic) bond motifs is 2. The number of rotatable bonds is 5. The van der Waals surface area contributed by atoms with Gasteiger partial charge < -0.3 is 14.3 Å². The van der Waals surface area contributed by atoms with Gasteiger partial charge in [0.05, 0.1) is 16.0 Å². The van der Waals surface area contributed by atoms with Gasteiger partial charge in [-0.25, -0.2) is 14.7 Å².